The predicted octanol–water partition coefficient (Wildman–Crippen LogP) is 3.35. The molecule has 2 rings (SSSR count). The molecule has 1 aromatic carbocycles. The van der Waals surface area contributed by atoms with E-state index in [-0.39, 0.29) is 0 Å². The van der Waals surface area contributed by atoms with Crippen LogP contribution in [0.3, 0.4) is 0 Å². The molecular weight excluding hydrogens is 212 g/mol. The van der Waals surface area contributed by atoms with Crippen LogP contribution in [0.2, 0.25) is 5.28 Å². The molecule has 0 aliphatic rings. The Labute approximate surface area is 93.4 Å². The van der Waals surface area contributed by atoms with Crippen LogP contribution < -0.4 is 4.74 Å². The van der Waals surface area contributed by atoms with E-state index in [1.807, 2.05) is 12.1 Å². The maximum atomic E-state index is 5.87. The normalized spacial score (nSPS) is 11.3. The molecule has 1 aromatic heterocycles. The van der Waals surface area contributed by atoms with Gasteiger partial charge in [0.15, 0.2) is 0 Å². The summed E-state index contributed by atoms with van der Waals surface area (Å²) in [5.74, 6) is 1.19. The van der Waals surface area contributed by atoms with Crippen molar-refractivity contribution in [3.8, 4) is 5.75 Å². The van der Waals surface area contributed by atoms with Crippen LogP contribution in [-0.4, -0.2) is 17.1 Å². The fourth-order valence-electron chi connectivity index (χ4n) is 1.70. The lowest BCUT2D eigenvalue weighted by molar-refractivity contribution is 0.419. The van der Waals surface area contributed by atoms with Gasteiger partial charge in [0.1, 0.15) is 11.3 Å². The molecule has 0 saturated carbocycles. The zero-order valence-electron chi connectivity index (χ0n) is 8.97. The fraction of sp³-hybridized carbons (Fsp3) is 0.364. The highest BCUT2D eigenvalue weighted by molar-refractivity contribution is 6.29. The molecule has 0 aliphatic heterocycles. The highest BCUT2D eigenvalue weighted by Crippen LogP contribution is 2.31. The summed E-state index contributed by atoms with van der Waals surface area (Å²) in [4.78, 5) is 7.28. The number of nitrogens with one attached hydrogen (secondary N) is 1. The Kier molecular flexibility index (Phi) is 2.57. The zero-order chi connectivity index (χ0) is 11.0. The van der Waals surface area contributed by atoms with E-state index in [0.29, 0.717) is 11.2 Å². The second-order valence-electron chi connectivity index (χ2n) is 3.76. The Morgan fingerprint density at radius 2 is 2.13 bits per heavy atom. The summed E-state index contributed by atoms with van der Waals surface area (Å²) in [5, 5.41) is 0.399. The quantitative estimate of drug-likeness (QED) is 0.850. The van der Waals surface area contributed by atoms with Gasteiger partial charge in [0.2, 0.25) is 5.28 Å². The van der Waals surface area contributed by atoms with Gasteiger partial charge in [-0.25, -0.2) is 4.98 Å². The van der Waals surface area contributed by atoms with Crippen LogP contribution in [0.25, 0.3) is 11.0 Å². The summed E-state index contributed by atoms with van der Waals surface area (Å²) in [5.41, 5.74) is 2.94. The summed E-state index contributed by atoms with van der Waals surface area (Å²) in [6.45, 7) is 4.26. The van der Waals surface area contributed by atoms with E-state index in [1.54, 1.807) is 7.11 Å². The number of imidazole rings is 1. The van der Waals surface area contributed by atoms with Crippen LogP contribution in [0.1, 0.15) is 25.3 Å². The standard InChI is InChI=1S/C11H13ClN2O/c1-6(2)7-4-5-8(15-3)10-9(7)13-11(12)14-10/h4-6H,1-3H3,(H,13,14). The monoisotopic (exact) mass is 224 g/mol. The first-order chi connectivity index (χ1) is 7.13. The molecule has 3 nitrogen and oxygen atoms in total. The highest BCUT2D eigenvalue weighted by Gasteiger charge is 2.13. The van der Waals surface area contributed by atoms with Crippen LogP contribution in [0, 0.1) is 0 Å². The molecule has 80 valence electrons. The predicted molar refractivity (Wildman–Crippen MR) is 61.7 cm³/mol. The first-order valence-corrected chi connectivity index (χ1v) is 5.23. The highest BCUT2D eigenvalue weighted by atomic mass is 35.5. The molecule has 0 saturated heterocycles. The van der Waals surface area contributed by atoms with Crippen molar-refractivity contribution in [3.63, 3.8) is 0 Å². The number of H-pyrrole nitrogens is 1. The van der Waals surface area contributed by atoms with E-state index >= 15 is 0 Å². The minimum atomic E-state index is 0.399. The van der Waals surface area contributed by atoms with Crippen molar-refractivity contribution in [3.05, 3.63) is 23.0 Å². The second kappa shape index (κ2) is 3.74. The third kappa shape index (κ3) is 1.67. The Balaban J connectivity index is 2.76. The Bertz CT molecular complexity index is 491. The lowest BCUT2D eigenvalue weighted by atomic mass is 10.0. The molecule has 0 aliphatic carbocycles. The van der Waals surface area contributed by atoms with Crippen molar-refractivity contribution in [1.29, 1.82) is 0 Å². The van der Waals surface area contributed by atoms with E-state index in [0.717, 1.165) is 16.8 Å². The number of methoxy groups -OCH3 is 1. The second-order valence-corrected chi connectivity index (χ2v) is 4.12. The van der Waals surface area contributed by atoms with Gasteiger partial charge >= 0.3 is 0 Å². The van der Waals surface area contributed by atoms with Gasteiger partial charge in [0, 0.05) is 0 Å². The average Bonchev–Trinajstić information content (AvgIpc) is 2.56. The molecule has 2 aromatic rings. The molecule has 0 spiro atoms. The number of hydrogen-bond donors (Lipinski definition) is 1. The van der Waals surface area contributed by atoms with Gasteiger partial charge in [0.05, 0.1) is 12.6 Å². The van der Waals surface area contributed by atoms with E-state index < -0.39 is 0 Å². The number of aromatic nitrogens is 2. The van der Waals surface area contributed by atoms with Crippen molar-refractivity contribution in [2.75, 3.05) is 7.11 Å². The Morgan fingerprint density at radius 3 is 2.73 bits per heavy atom. The maximum absolute atomic E-state index is 5.87. The SMILES string of the molecule is COc1ccc(C(C)C)c2nc(Cl)[nH]c12. The molecule has 0 radical (unpaired) electrons. The van der Waals surface area contributed by atoms with Gasteiger partial charge in [-0.1, -0.05) is 19.9 Å². The summed E-state index contributed by atoms with van der Waals surface area (Å²) >= 11 is 5.87. The van der Waals surface area contributed by atoms with Crippen LogP contribution >= 0.6 is 11.6 Å². The largest absolute Gasteiger partial charge is 0.494 e. The lowest BCUT2D eigenvalue weighted by Gasteiger charge is -2.08. The molecule has 1 N–H and O–H groups in total. The Morgan fingerprint density at radius 1 is 1.40 bits per heavy atom. The number of benzene rings is 1. The van der Waals surface area contributed by atoms with Gasteiger partial charge < -0.3 is 9.72 Å². The molecule has 1 heterocycles. The Hall–Kier alpha value is -1.22. The van der Waals surface area contributed by atoms with Gasteiger partial charge in [0.25, 0.3) is 0 Å². The van der Waals surface area contributed by atoms with Gasteiger partial charge in [-0.15, -0.1) is 0 Å². The lowest BCUT2D eigenvalue weighted by Crippen LogP contribution is -1.91. The summed E-state index contributed by atoms with van der Waals surface area (Å²) in [6.07, 6.45) is 0. The molecule has 0 fully saturated rings. The molecule has 4 heteroatoms. The third-order valence-corrected chi connectivity index (χ3v) is 2.63. The molecule has 15 heavy (non-hydrogen) atoms. The molecule has 0 amide bonds. The van der Waals surface area contributed by atoms with Crippen molar-refractivity contribution >= 4 is 22.6 Å². The van der Waals surface area contributed by atoms with E-state index in [2.05, 4.69) is 23.8 Å². The van der Waals surface area contributed by atoms with Crippen molar-refractivity contribution in [1.82, 2.24) is 9.97 Å². The van der Waals surface area contributed by atoms with Crippen LogP contribution in [0.15, 0.2) is 12.1 Å². The van der Waals surface area contributed by atoms with Crippen molar-refractivity contribution in [2.24, 2.45) is 0 Å². The minimum absolute atomic E-state index is 0.399. The molecular formula is C11H13ClN2O. The maximum Gasteiger partial charge on any atom is 0.201 e. The molecule has 0 atom stereocenters. The summed E-state index contributed by atoms with van der Waals surface area (Å²) in [6, 6.07) is 3.97. The smallest absolute Gasteiger partial charge is 0.201 e. The van der Waals surface area contributed by atoms with Crippen LogP contribution in [0.5, 0.6) is 5.75 Å². The molecule has 0 bridgehead atoms. The number of fused-ring (bicyclic) bond motifs is 1. The van der Waals surface area contributed by atoms with E-state index in [4.69, 9.17) is 16.3 Å². The number of rotatable bonds is 2. The average molecular weight is 225 g/mol. The number of halogens is 1. The van der Waals surface area contributed by atoms with Gasteiger partial charge in [-0.05, 0) is 29.1 Å². The van der Waals surface area contributed by atoms with Crippen molar-refractivity contribution < 1.29 is 4.74 Å². The number of aromatic amines is 1. The molecule has 0 unspecified atom stereocenters. The fourth-order valence-corrected chi connectivity index (χ4v) is 1.87. The minimum Gasteiger partial charge on any atom is -0.494 e. The van der Waals surface area contributed by atoms with E-state index in [9.17, 15) is 0 Å². The summed E-state index contributed by atoms with van der Waals surface area (Å²) < 4.78 is 5.25. The summed E-state index contributed by atoms with van der Waals surface area (Å²) in [7, 11) is 1.64. The van der Waals surface area contributed by atoms with Crippen LogP contribution in [-0.2, 0) is 0 Å². The van der Waals surface area contributed by atoms with Gasteiger partial charge in [-0.2, -0.15) is 0 Å². The van der Waals surface area contributed by atoms with Gasteiger partial charge in [-0.3, -0.25) is 0 Å². The first-order valence-electron chi connectivity index (χ1n) is 4.85. The third-order valence-electron chi connectivity index (χ3n) is 2.45. The number of nitrogens with zero attached hydrogens (tertiary/aromatic N) is 1. The first kappa shape index (κ1) is 10.3. The van der Waals surface area contributed by atoms with E-state index in [1.165, 1.54) is 5.56 Å². The van der Waals surface area contributed by atoms with Crippen LogP contribution in [0.4, 0.5) is 0 Å². The van der Waals surface area contributed by atoms with Crippen molar-refractivity contribution in [2.45, 2.75) is 19.8 Å². The zero-order valence-corrected chi connectivity index (χ0v) is 9.72. The number of ether oxygens (including phenoxy) is 1. The topological polar surface area (TPSA) is 37.9 Å². The number of hydrogen-bond acceptors (Lipinski definition) is 2.